The largest absolute Gasteiger partial charge is 0.382 e. The van der Waals surface area contributed by atoms with Crippen molar-refractivity contribution in [1.29, 1.82) is 0 Å². The molecule has 2 rings (SSSR count). The highest BCUT2D eigenvalue weighted by molar-refractivity contribution is 6.31. The number of rotatable bonds is 6. The zero-order chi connectivity index (χ0) is 18.4. The Hall–Kier alpha value is -1.34. The van der Waals surface area contributed by atoms with Crippen LogP contribution in [0.3, 0.4) is 0 Å². The lowest BCUT2D eigenvalue weighted by atomic mass is 10.1. The lowest BCUT2D eigenvalue weighted by molar-refractivity contribution is -0.0897. The molecule has 0 aromatic heterocycles. The van der Waals surface area contributed by atoms with Crippen molar-refractivity contribution in [2.45, 2.75) is 25.2 Å². The minimum atomic E-state index is -0.0901. The van der Waals surface area contributed by atoms with Crippen molar-refractivity contribution < 1.29 is 14.3 Å². The van der Waals surface area contributed by atoms with E-state index in [2.05, 4.69) is 10.2 Å². The molecule has 1 aromatic rings. The highest BCUT2D eigenvalue weighted by Crippen LogP contribution is 2.25. The Kier molecular flexibility index (Phi) is 7.50. The zero-order valence-corrected chi connectivity index (χ0v) is 16.1. The summed E-state index contributed by atoms with van der Waals surface area (Å²) in [6, 6.07) is 7.64. The van der Waals surface area contributed by atoms with Crippen LogP contribution in [0.25, 0.3) is 0 Å². The smallest absolute Gasteiger partial charge is 0.317 e. The number of benzene rings is 1. The number of morpholine rings is 1. The Bertz CT molecular complexity index is 570. The molecule has 140 valence electrons. The fourth-order valence-electron chi connectivity index (χ4n) is 3.10. The Balaban J connectivity index is 1.98. The third-order valence-corrected chi connectivity index (χ3v) is 4.64. The average Bonchev–Trinajstić information content (AvgIpc) is 2.56. The van der Waals surface area contributed by atoms with Gasteiger partial charge in [0.05, 0.1) is 31.4 Å². The molecule has 0 bridgehead atoms. The molecule has 0 aliphatic carbocycles. The molecular weight excluding hydrogens is 342 g/mol. The van der Waals surface area contributed by atoms with Gasteiger partial charge in [0, 0.05) is 25.2 Å². The van der Waals surface area contributed by atoms with Gasteiger partial charge in [0.25, 0.3) is 0 Å². The van der Waals surface area contributed by atoms with E-state index in [4.69, 9.17) is 21.1 Å². The molecule has 2 amide bonds. The molecular formula is C18H28ClN3O3. The van der Waals surface area contributed by atoms with Crippen LogP contribution in [0.1, 0.15) is 18.5 Å². The molecule has 1 aliphatic heterocycles. The first kappa shape index (κ1) is 20.0. The number of methoxy groups -OCH3 is 1. The number of nitrogens with zero attached hydrogens (tertiary/aromatic N) is 2. The molecule has 0 spiro atoms. The first-order valence-electron chi connectivity index (χ1n) is 8.50. The van der Waals surface area contributed by atoms with Crippen molar-refractivity contribution in [1.82, 2.24) is 15.1 Å². The molecule has 3 atom stereocenters. The second kappa shape index (κ2) is 9.38. The van der Waals surface area contributed by atoms with Crippen LogP contribution in [-0.4, -0.2) is 75.5 Å². The summed E-state index contributed by atoms with van der Waals surface area (Å²) in [6.45, 7) is 4.03. The molecule has 1 fully saturated rings. The fourth-order valence-corrected chi connectivity index (χ4v) is 3.36. The number of hydrogen-bond donors (Lipinski definition) is 1. The summed E-state index contributed by atoms with van der Waals surface area (Å²) in [6.07, 6.45) is -0.0967. The second-order valence-electron chi connectivity index (χ2n) is 6.62. The van der Waals surface area contributed by atoms with Crippen LogP contribution in [-0.2, 0) is 9.47 Å². The summed E-state index contributed by atoms with van der Waals surface area (Å²) in [5.74, 6) is 0. The fraction of sp³-hybridized carbons (Fsp3) is 0.611. The number of amides is 2. The molecule has 1 aliphatic rings. The maximum Gasteiger partial charge on any atom is 0.317 e. The first-order chi connectivity index (χ1) is 11.9. The van der Waals surface area contributed by atoms with Crippen molar-refractivity contribution in [3.63, 3.8) is 0 Å². The van der Waals surface area contributed by atoms with Gasteiger partial charge in [-0.3, -0.25) is 0 Å². The monoisotopic (exact) mass is 369 g/mol. The van der Waals surface area contributed by atoms with E-state index in [9.17, 15) is 4.79 Å². The second-order valence-corrected chi connectivity index (χ2v) is 7.02. The third-order valence-electron chi connectivity index (χ3n) is 4.30. The van der Waals surface area contributed by atoms with Gasteiger partial charge in [-0.15, -0.1) is 0 Å². The SMILES string of the molecule is COCC1CN(C(=O)NCC(c2ccccc2Cl)N(C)C)CC(C)O1. The highest BCUT2D eigenvalue weighted by Gasteiger charge is 2.29. The number of carbonyl (C=O) groups is 1. The number of halogens is 1. The maximum atomic E-state index is 12.6. The quantitative estimate of drug-likeness (QED) is 0.836. The summed E-state index contributed by atoms with van der Waals surface area (Å²) < 4.78 is 10.9. The van der Waals surface area contributed by atoms with Crippen molar-refractivity contribution in [3.8, 4) is 0 Å². The topological polar surface area (TPSA) is 54.0 Å². The molecule has 3 unspecified atom stereocenters. The molecule has 0 radical (unpaired) electrons. The number of hydrogen-bond acceptors (Lipinski definition) is 4. The molecule has 1 heterocycles. The van der Waals surface area contributed by atoms with Crippen LogP contribution in [0, 0.1) is 0 Å². The van der Waals surface area contributed by atoms with Crippen molar-refractivity contribution >= 4 is 17.6 Å². The minimum Gasteiger partial charge on any atom is -0.382 e. The number of urea groups is 1. The number of likely N-dealkylation sites (N-methyl/N-ethyl adjacent to an activating group) is 1. The molecule has 7 heteroatoms. The van der Waals surface area contributed by atoms with Crippen LogP contribution < -0.4 is 5.32 Å². The van der Waals surface area contributed by atoms with Gasteiger partial charge in [-0.25, -0.2) is 4.79 Å². The minimum absolute atomic E-state index is 0.00545. The van der Waals surface area contributed by atoms with E-state index in [1.807, 2.05) is 45.3 Å². The van der Waals surface area contributed by atoms with Crippen molar-refractivity contribution in [2.75, 3.05) is 47.4 Å². The number of ether oxygens (including phenoxy) is 2. The van der Waals surface area contributed by atoms with Gasteiger partial charge in [0.15, 0.2) is 0 Å². The van der Waals surface area contributed by atoms with E-state index < -0.39 is 0 Å². The molecule has 0 saturated carbocycles. The summed E-state index contributed by atoms with van der Waals surface area (Å²) in [4.78, 5) is 16.4. The van der Waals surface area contributed by atoms with Crippen LogP contribution in [0.5, 0.6) is 0 Å². The summed E-state index contributed by atoms with van der Waals surface area (Å²) in [5, 5.41) is 3.74. The van der Waals surface area contributed by atoms with Gasteiger partial charge < -0.3 is 24.6 Å². The Labute approximate surface area is 155 Å². The molecule has 25 heavy (non-hydrogen) atoms. The predicted octanol–water partition coefficient (Wildman–Crippen LogP) is 2.39. The third kappa shape index (κ3) is 5.57. The van der Waals surface area contributed by atoms with Gasteiger partial charge in [0.2, 0.25) is 0 Å². The Morgan fingerprint density at radius 1 is 1.44 bits per heavy atom. The number of carbonyl (C=O) groups excluding carboxylic acids is 1. The average molecular weight is 370 g/mol. The van der Waals surface area contributed by atoms with Crippen molar-refractivity contribution in [2.24, 2.45) is 0 Å². The van der Waals surface area contributed by atoms with E-state index in [1.165, 1.54) is 0 Å². The Morgan fingerprint density at radius 3 is 2.80 bits per heavy atom. The predicted molar refractivity (Wildman–Crippen MR) is 99.1 cm³/mol. The van der Waals surface area contributed by atoms with Crippen LogP contribution in [0.15, 0.2) is 24.3 Å². The summed E-state index contributed by atoms with van der Waals surface area (Å²) >= 11 is 6.32. The standard InChI is InChI=1S/C18H28ClN3O3/c1-13-10-22(11-14(25-13)12-24-4)18(23)20-9-17(21(2)3)15-7-5-6-8-16(15)19/h5-8,13-14,17H,9-12H2,1-4H3,(H,20,23). The van der Waals surface area contributed by atoms with Crippen LogP contribution in [0.2, 0.25) is 5.02 Å². The van der Waals surface area contributed by atoms with Crippen LogP contribution in [0.4, 0.5) is 4.79 Å². The van der Waals surface area contributed by atoms with E-state index in [1.54, 1.807) is 12.0 Å². The van der Waals surface area contributed by atoms with E-state index >= 15 is 0 Å². The van der Waals surface area contributed by atoms with Crippen LogP contribution >= 0.6 is 11.6 Å². The van der Waals surface area contributed by atoms with E-state index in [-0.39, 0.29) is 24.3 Å². The molecule has 1 aromatic carbocycles. The van der Waals surface area contributed by atoms with E-state index in [0.29, 0.717) is 31.3 Å². The van der Waals surface area contributed by atoms with E-state index in [0.717, 1.165) is 5.56 Å². The lowest BCUT2D eigenvalue weighted by Gasteiger charge is -2.37. The Morgan fingerprint density at radius 2 is 2.16 bits per heavy atom. The molecule has 1 N–H and O–H groups in total. The first-order valence-corrected chi connectivity index (χ1v) is 8.88. The van der Waals surface area contributed by atoms with Gasteiger partial charge >= 0.3 is 6.03 Å². The van der Waals surface area contributed by atoms with Gasteiger partial charge in [-0.2, -0.15) is 0 Å². The maximum absolute atomic E-state index is 12.6. The van der Waals surface area contributed by atoms with Gasteiger partial charge in [0.1, 0.15) is 0 Å². The highest BCUT2D eigenvalue weighted by atomic mass is 35.5. The normalized spacial score (nSPS) is 22.1. The lowest BCUT2D eigenvalue weighted by Crippen LogP contribution is -2.54. The van der Waals surface area contributed by atoms with Crippen molar-refractivity contribution in [3.05, 3.63) is 34.9 Å². The van der Waals surface area contributed by atoms with Gasteiger partial charge in [-0.1, -0.05) is 29.8 Å². The zero-order valence-electron chi connectivity index (χ0n) is 15.4. The van der Waals surface area contributed by atoms with Gasteiger partial charge in [-0.05, 0) is 32.6 Å². The summed E-state index contributed by atoms with van der Waals surface area (Å²) in [5.41, 5.74) is 1.00. The summed E-state index contributed by atoms with van der Waals surface area (Å²) in [7, 11) is 5.59. The molecule has 1 saturated heterocycles. The number of nitrogens with one attached hydrogen (secondary N) is 1. The molecule has 6 nitrogen and oxygen atoms in total.